The van der Waals surface area contributed by atoms with E-state index in [1.807, 2.05) is 19.9 Å². The van der Waals surface area contributed by atoms with Gasteiger partial charge in [-0.25, -0.2) is 0 Å². The molecule has 1 aromatic rings. The number of aliphatic hydroxyl groups is 2. The van der Waals surface area contributed by atoms with Crippen LogP contribution < -0.4 is 0 Å². The number of aryl methyl sites for hydroxylation is 1. The zero-order valence-electron chi connectivity index (χ0n) is 16.0. The van der Waals surface area contributed by atoms with Gasteiger partial charge in [0.15, 0.2) is 0 Å². The van der Waals surface area contributed by atoms with Gasteiger partial charge in [0.2, 0.25) is 0 Å². The molecule has 0 amide bonds. The molecule has 0 spiro atoms. The molecule has 0 aliphatic carbocycles. The van der Waals surface area contributed by atoms with Crippen molar-refractivity contribution in [2.75, 3.05) is 0 Å². The zero-order chi connectivity index (χ0) is 19.0. The van der Waals surface area contributed by atoms with Crippen molar-refractivity contribution < 1.29 is 20.4 Å². The molecule has 2 unspecified atom stereocenters. The predicted molar refractivity (Wildman–Crippen MR) is 102 cm³/mol. The summed E-state index contributed by atoms with van der Waals surface area (Å²) in [4.78, 5) is 0. The lowest BCUT2D eigenvalue weighted by molar-refractivity contribution is -0.0657. The fourth-order valence-corrected chi connectivity index (χ4v) is 2.86. The Morgan fingerprint density at radius 2 is 1.76 bits per heavy atom. The van der Waals surface area contributed by atoms with E-state index in [-0.39, 0.29) is 23.5 Å². The van der Waals surface area contributed by atoms with Gasteiger partial charge in [0.05, 0.1) is 11.7 Å². The van der Waals surface area contributed by atoms with E-state index in [1.54, 1.807) is 19.1 Å². The number of phenolic OH excluding ortho intramolecular Hbond substituents is 2. The van der Waals surface area contributed by atoms with E-state index in [0.717, 1.165) is 31.2 Å². The fraction of sp³-hybridized carbons (Fsp3) is 0.619. The average Bonchev–Trinajstić information content (AvgIpc) is 2.50. The Labute approximate surface area is 151 Å². The van der Waals surface area contributed by atoms with E-state index in [1.165, 1.54) is 5.57 Å². The molecule has 0 aromatic heterocycles. The van der Waals surface area contributed by atoms with E-state index < -0.39 is 11.7 Å². The van der Waals surface area contributed by atoms with Crippen LogP contribution in [0.4, 0.5) is 0 Å². The minimum atomic E-state index is -1.29. The number of unbranched alkanes of at least 4 members (excludes halogenated alkanes) is 2. The highest BCUT2D eigenvalue weighted by molar-refractivity contribution is 5.47. The molecule has 0 fully saturated rings. The lowest BCUT2D eigenvalue weighted by Crippen LogP contribution is -2.40. The Morgan fingerprint density at radius 3 is 2.28 bits per heavy atom. The number of aliphatic hydroxyl groups excluding tert-OH is 1. The van der Waals surface area contributed by atoms with Crippen molar-refractivity contribution in [3.63, 3.8) is 0 Å². The topological polar surface area (TPSA) is 80.9 Å². The minimum absolute atomic E-state index is 0.00866. The maximum Gasteiger partial charge on any atom is 0.122 e. The Hall–Kier alpha value is -1.52. The second kappa shape index (κ2) is 9.83. The maximum absolute atomic E-state index is 10.5. The molecule has 1 rings (SSSR count). The maximum atomic E-state index is 10.5. The molecule has 25 heavy (non-hydrogen) atoms. The van der Waals surface area contributed by atoms with Crippen LogP contribution in [0, 0.1) is 0 Å². The SMILES string of the molecule is CCCCCc1cc(O)c(CC(O)C(C)(O)CCC=C(C)C)c(O)c1. The van der Waals surface area contributed by atoms with Crippen molar-refractivity contribution in [3.8, 4) is 11.5 Å². The van der Waals surface area contributed by atoms with Gasteiger partial charge in [0, 0.05) is 12.0 Å². The van der Waals surface area contributed by atoms with Gasteiger partial charge in [-0.3, -0.25) is 0 Å². The van der Waals surface area contributed by atoms with Crippen molar-refractivity contribution in [2.45, 2.75) is 84.3 Å². The molecule has 2 atom stereocenters. The van der Waals surface area contributed by atoms with Crippen LogP contribution in [0.3, 0.4) is 0 Å². The normalized spacial score (nSPS) is 14.8. The van der Waals surface area contributed by atoms with Crippen molar-refractivity contribution >= 4 is 0 Å². The van der Waals surface area contributed by atoms with E-state index in [0.29, 0.717) is 12.8 Å². The van der Waals surface area contributed by atoms with Gasteiger partial charge in [-0.05, 0) is 64.2 Å². The predicted octanol–water partition coefficient (Wildman–Crippen LogP) is 4.23. The van der Waals surface area contributed by atoms with Crippen LogP contribution in [0.2, 0.25) is 0 Å². The third-order valence-corrected chi connectivity index (χ3v) is 4.65. The average molecular weight is 350 g/mol. The van der Waals surface area contributed by atoms with Gasteiger partial charge >= 0.3 is 0 Å². The fourth-order valence-electron chi connectivity index (χ4n) is 2.86. The van der Waals surface area contributed by atoms with Crippen LogP contribution in [-0.2, 0) is 12.8 Å². The van der Waals surface area contributed by atoms with Crippen molar-refractivity contribution in [2.24, 2.45) is 0 Å². The Kier molecular flexibility index (Phi) is 8.46. The highest BCUT2D eigenvalue weighted by Gasteiger charge is 2.31. The van der Waals surface area contributed by atoms with Gasteiger partial charge < -0.3 is 20.4 Å². The Bertz CT molecular complexity index is 548. The summed E-state index contributed by atoms with van der Waals surface area (Å²) in [7, 11) is 0. The summed E-state index contributed by atoms with van der Waals surface area (Å²) in [6, 6.07) is 3.30. The van der Waals surface area contributed by atoms with Crippen molar-refractivity contribution in [1.82, 2.24) is 0 Å². The molecule has 0 bridgehead atoms. The van der Waals surface area contributed by atoms with E-state index >= 15 is 0 Å². The summed E-state index contributed by atoms with van der Waals surface area (Å²) in [6.07, 6.45) is 6.07. The first kappa shape index (κ1) is 21.5. The van der Waals surface area contributed by atoms with Gasteiger partial charge in [-0.15, -0.1) is 0 Å². The Balaban J connectivity index is 2.78. The largest absolute Gasteiger partial charge is 0.508 e. The molecule has 1 aromatic carbocycles. The van der Waals surface area contributed by atoms with Gasteiger partial charge in [-0.2, -0.15) is 0 Å². The highest BCUT2D eigenvalue weighted by Crippen LogP contribution is 2.33. The van der Waals surface area contributed by atoms with Crippen LogP contribution in [-0.4, -0.2) is 32.1 Å². The summed E-state index contributed by atoms with van der Waals surface area (Å²) < 4.78 is 0. The Morgan fingerprint density at radius 1 is 1.16 bits per heavy atom. The smallest absolute Gasteiger partial charge is 0.122 e. The number of hydrogen-bond donors (Lipinski definition) is 4. The summed E-state index contributed by atoms with van der Waals surface area (Å²) in [5.41, 5.74) is 1.05. The molecule has 4 N–H and O–H groups in total. The molecule has 0 radical (unpaired) electrons. The van der Waals surface area contributed by atoms with Crippen LogP contribution in [0.15, 0.2) is 23.8 Å². The first-order valence-corrected chi connectivity index (χ1v) is 9.25. The molecule has 0 saturated heterocycles. The number of phenols is 2. The number of aromatic hydroxyl groups is 2. The quantitative estimate of drug-likeness (QED) is 0.376. The third-order valence-electron chi connectivity index (χ3n) is 4.65. The van der Waals surface area contributed by atoms with Crippen LogP contribution in [0.1, 0.15) is 70.9 Å². The monoisotopic (exact) mass is 350 g/mol. The summed E-state index contributed by atoms with van der Waals surface area (Å²) in [5.74, 6) is -0.0451. The summed E-state index contributed by atoms with van der Waals surface area (Å²) >= 11 is 0. The van der Waals surface area contributed by atoms with Crippen molar-refractivity contribution in [3.05, 3.63) is 34.9 Å². The number of benzene rings is 1. The van der Waals surface area contributed by atoms with E-state index in [2.05, 4.69) is 6.92 Å². The van der Waals surface area contributed by atoms with Gasteiger partial charge in [0.1, 0.15) is 11.5 Å². The molecule has 4 heteroatoms. The zero-order valence-corrected chi connectivity index (χ0v) is 16.0. The summed E-state index contributed by atoms with van der Waals surface area (Å²) in [5, 5.41) is 41.3. The lowest BCUT2D eigenvalue weighted by Gasteiger charge is -2.29. The van der Waals surface area contributed by atoms with Gasteiger partial charge in [-0.1, -0.05) is 31.4 Å². The number of hydrogen-bond acceptors (Lipinski definition) is 4. The molecule has 0 aliphatic rings. The minimum Gasteiger partial charge on any atom is -0.508 e. The first-order chi connectivity index (χ1) is 11.7. The molecule has 0 saturated carbocycles. The van der Waals surface area contributed by atoms with Crippen LogP contribution in [0.5, 0.6) is 11.5 Å². The van der Waals surface area contributed by atoms with E-state index in [4.69, 9.17) is 0 Å². The highest BCUT2D eigenvalue weighted by atomic mass is 16.3. The molecular formula is C21H34O4. The lowest BCUT2D eigenvalue weighted by atomic mass is 9.88. The molecule has 142 valence electrons. The second-order valence-electron chi connectivity index (χ2n) is 7.47. The van der Waals surface area contributed by atoms with Crippen LogP contribution in [0.25, 0.3) is 0 Å². The number of allylic oxidation sites excluding steroid dienone is 2. The van der Waals surface area contributed by atoms with Crippen LogP contribution >= 0.6 is 0 Å². The number of rotatable bonds is 10. The molecule has 0 aliphatic heterocycles. The van der Waals surface area contributed by atoms with Crippen molar-refractivity contribution in [1.29, 1.82) is 0 Å². The molecule has 0 heterocycles. The molecular weight excluding hydrogens is 316 g/mol. The third kappa shape index (κ3) is 7.09. The second-order valence-corrected chi connectivity index (χ2v) is 7.47. The van der Waals surface area contributed by atoms with Gasteiger partial charge in [0.25, 0.3) is 0 Å². The van der Waals surface area contributed by atoms with E-state index in [9.17, 15) is 20.4 Å². The first-order valence-electron chi connectivity index (χ1n) is 9.25. The summed E-state index contributed by atoms with van der Waals surface area (Å²) in [6.45, 7) is 7.69. The molecule has 4 nitrogen and oxygen atoms in total. The standard InChI is InChI=1S/C21H34O4/c1-5-6-7-10-16-12-18(22)17(19(23)13-16)14-20(24)21(4,25)11-8-9-15(2)3/h9,12-13,20,22-25H,5-8,10-11,14H2,1-4H3.